The molecule has 108 heavy (non-hydrogen) atoms. The average Bonchev–Trinajstić information content (AvgIpc) is 1.60. The summed E-state index contributed by atoms with van der Waals surface area (Å²) in [6.07, 6.45) is 0. The first kappa shape index (κ1) is 68.1. The molecule has 18 rings (SSSR count). The monoisotopic (exact) mass is 1400 g/mol. The Bertz CT molecular complexity index is 5670. The molecule has 0 bridgehead atoms. The Morgan fingerprint density at radius 3 is 0.731 bits per heavy atom. The molecule has 2 saturated heterocycles. The molecule has 0 spiro atoms. The Morgan fingerprint density at radius 1 is 0.241 bits per heavy atom. The fraction of sp³-hybridized carbons (Fsp3) is 0.143. The molecule has 0 unspecified atom stereocenters. The van der Waals surface area contributed by atoms with Crippen molar-refractivity contribution >= 4 is 103 Å². The molecule has 2 fully saturated rings. The lowest BCUT2D eigenvalue weighted by Gasteiger charge is -2.32. The average molecular weight is 1400 g/mol. The van der Waals surface area contributed by atoms with Crippen LogP contribution in [-0.2, 0) is 18.6 Å². The van der Waals surface area contributed by atoms with E-state index in [4.69, 9.17) is 18.6 Å². The fourth-order valence-corrected chi connectivity index (χ4v) is 15.9. The van der Waals surface area contributed by atoms with Crippen LogP contribution < -0.4 is 20.7 Å². The van der Waals surface area contributed by atoms with Gasteiger partial charge in [-0.2, -0.15) is 0 Å². The van der Waals surface area contributed by atoms with Crippen molar-refractivity contribution in [2.75, 3.05) is 9.80 Å². The van der Waals surface area contributed by atoms with Crippen LogP contribution in [0.1, 0.15) is 66.5 Å². The lowest BCUT2D eigenvalue weighted by atomic mass is 9.78. The summed E-state index contributed by atoms with van der Waals surface area (Å²) in [6, 6.07) is 120. The number of benzene rings is 14. The quantitative estimate of drug-likeness (QED) is 0.0954. The first-order chi connectivity index (χ1) is 52.3. The van der Waals surface area contributed by atoms with E-state index in [9.17, 15) is 0 Å². The number of aromatic nitrogens is 2. The number of hydrogen-bond acceptors (Lipinski definition) is 6. The number of fused-ring (bicyclic) bond motifs is 6. The SMILES string of the molecule is Cc1cc(B2OC(C)(C)C(C)(C)O2)ccc1N(c1ccc(-c2ccc(N(c3ccc(-c4ccc5c(c4)c4cc(-c6ccccc6)ccc4n5-c4ccccc4)cc3)c3ccc(B4OC(C)(C)C(C)(C)O4)cc3C)cc2)cc1)c1ccc(-c2ccc3c(c2)c2cc(-c4ccccc4)ccc2n3-c2ccccc2)cc1. The molecule has 0 amide bonds. The van der Waals surface area contributed by atoms with Gasteiger partial charge in [-0.05, 0) is 280 Å². The molecule has 8 nitrogen and oxygen atoms in total. The van der Waals surface area contributed by atoms with Crippen molar-refractivity contribution in [2.24, 2.45) is 0 Å². The Labute approximate surface area is 633 Å². The number of hydrogen-bond donors (Lipinski definition) is 0. The van der Waals surface area contributed by atoms with E-state index in [-0.39, 0.29) is 0 Å². The van der Waals surface area contributed by atoms with Crippen LogP contribution in [0.5, 0.6) is 0 Å². The van der Waals surface area contributed by atoms with Crippen molar-refractivity contribution in [3.63, 3.8) is 0 Å². The molecule has 4 heterocycles. The highest BCUT2D eigenvalue weighted by Crippen LogP contribution is 2.46. The van der Waals surface area contributed by atoms with Crippen molar-refractivity contribution in [3.8, 4) is 67.0 Å². The second-order valence-electron chi connectivity index (χ2n) is 31.1. The Kier molecular flexibility index (Phi) is 16.8. The van der Waals surface area contributed by atoms with Gasteiger partial charge in [0.05, 0.1) is 44.5 Å². The summed E-state index contributed by atoms with van der Waals surface area (Å²) in [5.41, 5.74) is 27.1. The van der Waals surface area contributed by atoms with Gasteiger partial charge in [-0.1, -0.05) is 194 Å². The van der Waals surface area contributed by atoms with Gasteiger partial charge < -0.3 is 37.6 Å². The number of anilines is 6. The van der Waals surface area contributed by atoms with Gasteiger partial charge in [0.1, 0.15) is 0 Å². The van der Waals surface area contributed by atoms with Crippen LogP contribution >= 0.6 is 0 Å². The summed E-state index contributed by atoms with van der Waals surface area (Å²) in [4.78, 5) is 4.74. The third kappa shape index (κ3) is 12.1. The van der Waals surface area contributed by atoms with E-state index in [1.165, 1.54) is 65.9 Å². The van der Waals surface area contributed by atoms with Gasteiger partial charge in [-0.15, -0.1) is 0 Å². The molecule has 526 valence electrons. The summed E-state index contributed by atoms with van der Waals surface area (Å²) in [5.74, 6) is 0. The van der Waals surface area contributed by atoms with Gasteiger partial charge in [-0.25, -0.2) is 0 Å². The molecule has 2 aliphatic heterocycles. The number of aryl methyl sites for hydroxylation is 2. The topological polar surface area (TPSA) is 53.3 Å². The largest absolute Gasteiger partial charge is 0.494 e. The fourth-order valence-electron chi connectivity index (χ4n) is 15.9. The first-order valence-corrected chi connectivity index (χ1v) is 37.6. The minimum Gasteiger partial charge on any atom is -0.399 e. The number of nitrogens with zero attached hydrogens (tertiary/aromatic N) is 4. The summed E-state index contributed by atoms with van der Waals surface area (Å²) < 4.78 is 31.2. The standard InChI is InChI=1S/C98H84B2N4O4/c1-65-59-77(99-105-95(3,4)96(5,6)106-99)43-57-89(65)101(83-49-35-71(36-50-83)75-41-55-93-87(63-75)85-61-73(67-23-15-11-16-24-67)39-53-91(85)103(93)79-27-19-13-20-28-79)81-45-31-69(32-46-81)70-33-47-82(48-34-70)102(90-58-44-78(60-66(90)2)100-107-97(7,8)98(9,10)108-100)84-51-37-72(38-52-84)76-42-56-94-88(64-76)86-62-74(68-25-17-12-18-26-68)40-54-92(86)104(94)80-29-21-14-22-30-80/h11-64H,1-10H3. The minimum absolute atomic E-state index is 0.468. The van der Waals surface area contributed by atoms with Gasteiger partial charge in [0, 0.05) is 67.0 Å². The summed E-state index contributed by atoms with van der Waals surface area (Å²) in [7, 11) is -0.975. The second-order valence-corrected chi connectivity index (χ2v) is 31.1. The van der Waals surface area contributed by atoms with E-state index in [0.717, 1.165) is 101 Å². The van der Waals surface area contributed by atoms with Crippen LogP contribution in [0.4, 0.5) is 34.1 Å². The van der Waals surface area contributed by atoms with Gasteiger partial charge in [-0.3, -0.25) is 0 Å². The Morgan fingerprint density at radius 2 is 0.472 bits per heavy atom. The van der Waals surface area contributed by atoms with Crippen molar-refractivity contribution in [3.05, 3.63) is 339 Å². The van der Waals surface area contributed by atoms with Crippen LogP contribution in [0.15, 0.2) is 328 Å². The minimum atomic E-state index is -0.488. The van der Waals surface area contributed by atoms with Gasteiger partial charge in [0.25, 0.3) is 0 Å². The van der Waals surface area contributed by atoms with E-state index in [2.05, 4.69) is 416 Å². The zero-order valence-corrected chi connectivity index (χ0v) is 62.8. The molecule has 0 radical (unpaired) electrons. The number of para-hydroxylation sites is 2. The smallest absolute Gasteiger partial charge is 0.399 e. The summed E-state index contributed by atoms with van der Waals surface area (Å²) >= 11 is 0. The highest BCUT2D eigenvalue weighted by atomic mass is 16.7. The lowest BCUT2D eigenvalue weighted by molar-refractivity contribution is 0.00578. The van der Waals surface area contributed by atoms with E-state index in [1.807, 2.05) is 0 Å². The molecule has 0 aliphatic carbocycles. The zero-order valence-electron chi connectivity index (χ0n) is 62.8. The van der Waals surface area contributed by atoms with E-state index in [1.54, 1.807) is 0 Å². The van der Waals surface area contributed by atoms with Crippen molar-refractivity contribution in [1.29, 1.82) is 0 Å². The van der Waals surface area contributed by atoms with E-state index < -0.39 is 36.6 Å². The van der Waals surface area contributed by atoms with Crippen LogP contribution in [0, 0.1) is 13.8 Å². The van der Waals surface area contributed by atoms with Crippen molar-refractivity contribution < 1.29 is 18.6 Å². The molecule has 2 aliphatic rings. The predicted octanol–water partition coefficient (Wildman–Crippen LogP) is 24.4. The van der Waals surface area contributed by atoms with Crippen molar-refractivity contribution in [1.82, 2.24) is 9.13 Å². The molecule has 2 aromatic heterocycles. The van der Waals surface area contributed by atoms with Crippen LogP contribution in [0.25, 0.3) is 111 Å². The Balaban J connectivity index is 0.686. The predicted molar refractivity (Wildman–Crippen MR) is 453 cm³/mol. The molecule has 10 heteroatoms. The van der Waals surface area contributed by atoms with Crippen molar-refractivity contribution in [2.45, 2.75) is 91.6 Å². The molecule has 0 N–H and O–H groups in total. The highest BCUT2D eigenvalue weighted by Gasteiger charge is 2.53. The maximum absolute atomic E-state index is 6.60. The molecule has 0 atom stereocenters. The third-order valence-corrected chi connectivity index (χ3v) is 23.2. The van der Waals surface area contributed by atoms with Gasteiger partial charge in [0.2, 0.25) is 0 Å². The highest BCUT2D eigenvalue weighted by molar-refractivity contribution is 6.62. The normalized spacial score (nSPS) is 15.1. The number of rotatable bonds is 15. The molecule has 16 aromatic rings. The molecular weight excluding hydrogens is 1320 g/mol. The maximum Gasteiger partial charge on any atom is 0.494 e. The molecule has 0 saturated carbocycles. The van der Waals surface area contributed by atoms with E-state index in [0.29, 0.717) is 0 Å². The summed E-state index contributed by atoms with van der Waals surface area (Å²) in [5, 5.41) is 4.84. The van der Waals surface area contributed by atoms with Crippen LogP contribution in [0.3, 0.4) is 0 Å². The molecule has 14 aromatic carbocycles. The maximum atomic E-state index is 6.60. The van der Waals surface area contributed by atoms with E-state index >= 15 is 0 Å². The Hall–Kier alpha value is -11.8. The zero-order chi connectivity index (χ0) is 73.8. The lowest BCUT2D eigenvalue weighted by Crippen LogP contribution is -2.41. The summed E-state index contributed by atoms with van der Waals surface area (Å²) in [6.45, 7) is 21.2. The second kappa shape index (κ2) is 26.6. The van der Waals surface area contributed by atoms with Gasteiger partial charge in [0.15, 0.2) is 0 Å². The van der Waals surface area contributed by atoms with Crippen LogP contribution in [-0.4, -0.2) is 45.8 Å². The van der Waals surface area contributed by atoms with Crippen LogP contribution in [0.2, 0.25) is 0 Å². The molecular formula is C98H84B2N4O4. The first-order valence-electron chi connectivity index (χ1n) is 37.6. The third-order valence-electron chi connectivity index (χ3n) is 23.2. The van der Waals surface area contributed by atoms with Gasteiger partial charge >= 0.3 is 14.2 Å².